The number of imidazole rings is 1. The van der Waals surface area contributed by atoms with Gasteiger partial charge in [0.05, 0.1) is 12.9 Å². The van der Waals surface area contributed by atoms with Crippen molar-refractivity contribution < 1.29 is 23.5 Å². The molecule has 2 unspecified atom stereocenters. The van der Waals surface area contributed by atoms with Gasteiger partial charge in [-0.2, -0.15) is 15.1 Å². The van der Waals surface area contributed by atoms with Gasteiger partial charge in [-0.05, 0) is 49.9 Å². The van der Waals surface area contributed by atoms with Crippen LogP contribution in [0.1, 0.15) is 25.8 Å². The molecule has 1 aliphatic rings. The third-order valence-corrected chi connectivity index (χ3v) is 7.48. The molecule has 0 amide bonds. The highest BCUT2D eigenvalue weighted by Gasteiger charge is 2.37. The lowest BCUT2D eigenvalue weighted by molar-refractivity contribution is -0.138. The first-order valence-corrected chi connectivity index (χ1v) is 12.4. The van der Waals surface area contributed by atoms with E-state index in [1.807, 2.05) is 4.57 Å². The van der Waals surface area contributed by atoms with E-state index < -0.39 is 19.8 Å². The number of benzene rings is 1. The molecule has 0 spiro atoms. The van der Waals surface area contributed by atoms with Gasteiger partial charge in [0, 0.05) is 10.5 Å². The molecule has 4 rings (SSSR count). The van der Waals surface area contributed by atoms with Crippen LogP contribution >= 0.6 is 23.7 Å². The summed E-state index contributed by atoms with van der Waals surface area (Å²) in [5, 5.41) is 11.7. The number of carboxylic acid groups (broad SMARTS) is 1. The Balaban J connectivity index is 1.41. The molecule has 1 aliphatic carbocycles. The van der Waals surface area contributed by atoms with E-state index >= 15 is 0 Å². The Bertz CT molecular complexity index is 1220. The molecule has 1 aromatic carbocycles. The molecule has 0 bridgehead atoms. The number of aromatic nitrogens is 4. The van der Waals surface area contributed by atoms with E-state index in [0.29, 0.717) is 24.0 Å². The van der Waals surface area contributed by atoms with Crippen molar-refractivity contribution in [2.75, 3.05) is 18.1 Å². The Morgan fingerprint density at radius 2 is 2.03 bits per heavy atom. The minimum atomic E-state index is -3.95. The summed E-state index contributed by atoms with van der Waals surface area (Å²) >= 11 is 3.32. The first-order chi connectivity index (χ1) is 15.6. The smallest absolute Gasteiger partial charge is 0.459 e. The van der Waals surface area contributed by atoms with Gasteiger partial charge in [0.15, 0.2) is 11.5 Å². The van der Waals surface area contributed by atoms with Crippen molar-refractivity contribution in [3.05, 3.63) is 35.1 Å². The third kappa shape index (κ3) is 5.27. The summed E-state index contributed by atoms with van der Waals surface area (Å²) in [7, 11) is -3.95. The second-order valence-electron chi connectivity index (χ2n) is 7.81. The van der Waals surface area contributed by atoms with Gasteiger partial charge >= 0.3 is 13.7 Å². The Kier molecular flexibility index (Phi) is 6.57. The number of nitrogens with zero attached hydrogens (tertiary/aromatic N) is 4. The Labute approximate surface area is 197 Å². The largest absolute Gasteiger partial charge is 0.480 e. The normalized spacial score (nSPS) is 20.7. The van der Waals surface area contributed by atoms with Gasteiger partial charge in [-0.25, -0.2) is 9.55 Å². The predicted molar refractivity (Wildman–Crippen MR) is 124 cm³/mol. The Morgan fingerprint density at radius 3 is 2.70 bits per heavy atom. The van der Waals surface area contributed by atoms with Gasteiger partial charge < -0.3 is 25.7 Å². The summed E-state index contributed by atoms with van der Waals surface area (Å²) in [6, 6.07) is 5.61. The van der Waals surface area contributed by atoms with Crippen LogP contribution in [0.5, 0.6) is 5.75 Å². The number of anilines is 2. The molecule has 1 saturated carbocycles. The van der Waals surface area contributed by atoms with E-state index in [4.69, 9.17) is 20.5 Å². The van der Waals surface area contributed by atoms with E-state index in [1.54, 1.807) is 30.6 Å². The number of fused-ring (bicyclic) bond motifs is 1. The van der Waals surface area contributed by atoms with Crippen molar-refractivity contribution in [2.45, 2.75) is 31.8 Å². The number of aliphatic carboxylic acids is 1. The van der Waals surface area contributed by atoms with Crippen molar-refractivity contribution in [1.29, 1.82) is 0 Å². The van der Waals surface area contributed by atoms with Crippen molar-refractivity contribution in [1.82, 2.24) is 24.6 Å². The molecule has 3 aromatic rings. The van der Waals surface area contributed by atoms with Gasteiger partial charge in [-0.3, -0.25) is 9.32 Å². The zero-order chi connectivity index (χ0) is 23.8. The van der Waals surface area contributed by atoms with Crippen molar-refractivity contribution in [3.8, 4) is 5.75 Å². The lowest BCUT2D eigenvalue weighted by atomic mass is 9.81. The first-order valence-electron chi connectivity index (χ1n) is 10.1. The van der Waals surface area contributed by atoms with E-state index in [1.165, 1.54) is 6.92 Å². The maximum absolute atomic E-state index is 13.3. The van der Waals surface area contributed by atoms with Crippen LogP contribution in [0.25, 0.3) is 11.2 Å². The minimum absolute atomic E-state index is 0.0746. The number of carboxylic acids is 1. The number of nitrogens with two attached hydrogens (primary N) is 2. The Morgan fingerprint density at radius 1 is 1.33 bits per heavy atom. The molecular weight excluding hydrogens is 517 g/mol. The maximum Gasteiger partial charge on any atom is 0.459 e. The van der Waals surface area contributed by atoms with E-state index in [-0.39, 0.29) is 36.1 Å². The molecule has 0 aliphatic heterocycles. The monoisotopic (exact) mass is 539 g/mol. The number of nitrogen functional groups attached to an aromatic ring is 2. The lowest BCUT2D eigenvalue weighted by Crippen LogP contribution is -2.35. The number of carbonyl (C=O) groups is 1. The second-order valence-corrected chi connectivity index (χ2v) is 10.4. The molecule has 33 heavy (non-hydrogen) atoms. The third-order valence-electron chi connectivity index (χ3n) is 5.31. The van der Waals surface area contributed by atoms with Gasteiger partial charge in [0.2, 0.25) is 5.95 Å². The van der Waals surface area contributed by atoms with E-state index in [2.05, 4.69) is 36.0 Å². The highest BCUT2D eigenvalue weighted by Crippen LogP contribution is 2.48. The number of hydrogen-bond acceptors (Lipinski definition) is 9. The standard InChI is InChI=1S/C19H23BrN7O5P/c1-10(18(28)29)26-33(30,32-14-4-2-12(20)3-5-14)31-8-11-6-13(7-11)27-9-23-15-16(21)24-19(22)25-17(15)27/h2-5,9-11,13H,6-8H2,1H3,(H,26,30)(H,28,29)(H4,21,22,24,25). The van der Waals surface area contributed by atoms with Crippen LogP contribution in [-0.2, 0) is 13.9 Å². The SMILES string of the molecule is CC(NP(=O)(OCC1CC(n2cnc3c(N)nc(N)nc32)C1)Oc1ccc(Br)cc1)C(=O)O. The highest BCUT2D eigenvalue weighted by atomic mass is 79.9. The topological polar surface area (TPSA) is 180 Å². The number of hydrogen-bond donors (Lipinski definition) is 4. The zero-order valence-corrected chi connectivity index (χ0v) is 20.1. The fraction of sp³-hybridized carbons (Fsp3) is 0.368. The molecular formula is C19H23BrN7O5P. The molecule has 2 atom stereocenters. The van der Waals surface area contributed by atoms with Crippen molar-refractivity contribution >= 4 is 52.6 Å². The fourth-order valence-electron chi connectivity index (χ4n) is 3.51. The average molecular weight is 540 g/mol. The second kappa shape index (κ2) is 9.26. The van der Waals surface area contributed by atoms with Crippen molar-refractivity contribution in [3.63, 3.8) is 0 Å². The molecule has 6 N–H and O–H groups in total. The quantitative estimate of drug-likeness (QED) is 0.293. The highest BCUT2D eigenvalue weighted by molar-refractivity contribution is 9.10. The lowest BCUT2D eigenvalue weighted by Gasteiger charge is -2.36. The van der Waals surface area contributed by atoms with Crippen LogP contribution < -0.4 is 21.1 Å². The van der Waals surface area contributed by atoms with Crippen LogP contribution in [0.4, 0.5) is 11.8 Å². The predicted octanol–water partition coefficient (Wildman–Crippen LogP) is 2.97. The summed E-state index contributed by atoms with van der Waals surface area (Å²) in [6.07, 6.45) is 3.07. The van der Waals surface area contributed by atoms with Crippen LogP contribution in [0, 0.1) is 5.92 Å². The molecule has 0 radical (unpaired) electrons. The number of halogens is 1. The van der Waals surface area contributed by atoms with Crippen LogP contribution in [-0.4, -0.2) is 43.2 Å². The van der Waals surface area contributed by atoms with Crippen LogP contribution in [0.2, 0.25) is 0 Å². The Hall–Kier alpha value is -2.73. The minimum Gasteiger partial charge on any atom is -0.480 e. The molecule has 14 heteroatoms. The molecule has 0 saturated heterocycles. The molecule has 1 fully saturated rings. The fourth-order valence-corrected chi connectivity index (χ4v) is 5.34. The summed E-state index contributed by atoms with van der Waals surface area (Å²) in [6.45, 7) is 1.49. The molecule has 176 valence electrons. The van der Waals surface area contributed by atoms with Gasteiger partial charge in [0.1, 0.15) is 17.3 Å². The van der Waals surface area contributed by atoms with Gasteiger partial charge in [-0.1, -0.05) is 15.9 Å². The van der Waals surface area contributed by atoms with E-state index in [9.17, 15) is 14.5 Å². The van der Waals surface area contributed by atoms with Gasteiger partial charge in [-0.15, -0.1) is 0 Å². The van der Waals surface area contributed by atoms with Gasteiger partial charge in [0.25, 0.3) is 0 Å². The zero-order valence-electron chi connectivity index (χ0n) is 17.6. The summed E-state index contributed by atoms with van der Waals surface area (Å²) in [4.78, 5) is 23.7. The molecule has 12 nitrogen and oxygen atoms in total. The van der Waals surface area contributed by atoms with E-state index in [0.717, 1.165) is 4.47 Å². The first kappa shape index (κ1) is 23.4. The number of nitrogens with one attached hydrogen (secondary N) is 1. The van der Waals surface area contributed by atoms with Crippen molar-refractivity contribution in [2.24, 2.45) is 5.92 Å². The summed E-state index contributed by atoms with van der Waals surface area (Å²) in [5.41, 5.74) is 12.6. The summed E-state index contributed by atoms with van der Waals surface area (Å²) < 4.78 is 27.2. The molecule has 2 aromatic heterocycles. The number of rotatable bonds is 9. The average Bonchev–Trinajstić information content (AvgIpc) is 3.12. The van der Waals surface area contributed by atoms with Crippen LogP contribution in [0.3, 0.4) is 0 Å². The summed E-state index contributed by atoms with van der Waals surface area (Å²) in [5.74, 6) is -0.509. The molecule has 2 heterocycles. The van der Waals surface area contributed by atoms with Crippen LogP contribution in [0.15, 0.2) is 35.1 Å². The maximum atomic E-state index is 13.3.